The summed E-state index contributed by atoms with van der Waals surface area (Å²) in [6.07, 6.45) is 1.07. The third-order valence-corrected chi connectivity index (χ3v) is 3.60. The fraction of sp³-hybridized carbons (Fsp3) is 0.500. The Labute approximate surface area is 114 Å². The molecule has 1 atom stereocenters. The average molecular weight is 262 g/mol. The van der Waals surface area contributed by atoms with Crippen LogP contribution in [0.1, 0.15) is 62.4 Å². The van der Waals surface area contributed by atoms with E-state index in [0.29, 0.717) is 11.5 Å². The molecule has 0 saturated carbocycles. The first kappa shape index (κ1) is 15.4. The van der Waals surface area contributed by atoms with Crippen LogP contribution in [0, 0.1) is 5.41 Å². The van der Waals surface area contributed by atoms with Crippen molar-refractivity contribution in [2.75, 3.05) is 0 Å². The van der Waals surface area contributed by atoms with Gasteiger partial charge in [-0.2, -0.15) is 0 Å². The summed E-state index contributed by atoms with van der Waals surface area (Å²) < 4.78 is 0. The molecule has 3 heteroatoms. The molecule has 19 heavy (non-hydrogen) atoms. The largest absolute Gasteiger partial charge is 0.481 e. The molecular weight excluding hydrogens is 240 g/mol. The smallest absolute Gasteiger partial charge is 0.309 e. The number of carboxylic acids is 1. The maximum absolute atomic E-state index is 12.1. The van der Waals surface area contributed by atoms with Gasteiger partial charge < -0.3 is 5.11 Å². The van der Waals surface area contributed by atoms with Gasteiger partial charge in [-0.1, -0.05) is 38.1 Å². The summed E-state index contributed by atoms with van der Waals surface area (Å²) in [5.41, 5.74) is 0.768. The Morgan fingerprint density at radius 3 is 2.16 bits per heavy atom. The maximum Gasteiger partial charge on any atom is 0.309 e. The molecule has 0 aliphatic carbocycles. The highest BCUT2D eigenvalue weighted by Crippen LogP contribution is 2.24. The Hall–Kier alpha value is -1.64. The van der Waals surface area contributed by atoms with Gasteiger partial charge in [-0.15, -0.1) is 0 Å². The topological polar surface area (TPSA) is 54.4 Å². The number of aliphatic carboxylic acids is 1. The SMILES string of the molecule is CCC(C)c1ccc(C(=O)CC(C)(C)C(=O)O)cc1. The molecule has 0 heterocycles. The lowest BCUT2D eigenvalue weighted by Crippen LogP contribution is -2.26. The minimum atomic E-state index is -1.02. The van der Waals surface area contributed by atoms with E-state index in [1.807, 2.05) is 12.1 Å². The molecule has 1 aromatic carbocycles. The van der Waals surface area contributed by atoms with Crippen molar-refractivity contribution < 1.29 is 14.7 Å². The quantitative estimate of drug-likeness (QED) is 0.791. The van der Waals surface area contributed by atoms with Crippen LogP contribution in [-0.2, 0) is 4.79 Å². The van der Waals surface area contributed by atoms with Gasteiger partial charge in [0.15, 0.2) is 5.78 Å². The molecule has 0 aliphatic rings. The van der Waals surface area contributed by atoms with E-state index in [1.54, 1.807) is 26.0 Å². The normalized spacial score (nSPS) is 13.1. The molecule has 0 aromatic heterocycles. The van der Waals surface area contributed by atoms with E-state index in [-0.39, 0.29) is 12.2 Å². The van der Waals surface area contributed by atoms with Crippen molar-refractivity contribution in [1.82, 2.24) is 0 Å². The monoisotopic (exact) mass is 262 g/mol. The van der Waals surface area contributed by atoms with Gasteiger partial charge in [-0.25, -0.2) is 0 Å². The van der Waals surface area contributed by atoms with Crippen LogP contribution in [0.5, 0.6) is 0 Å². The molecule has 1 unspecified atom stereocenters. The van der Waals surface area contributed by atoms with E-state index < -0.39 is 11.4 Å². The molecule has 0 bridgehead atoms. The number of ketones is 1. The number of carbonyl (C=O) groups is 2. The van der Waals surface area contributed by atoms with Gasteiger partial charge in [0.25, 0.3) is 0 Å². The predicted octanol–water partition coefficient (Wildman–Crippen LogP) is 3.88. The summed E-state index contributed by atoms with van der Waals surface area (Å²) in [5.74, 6) is -0.597. The maximum atomic E-state index is 12.1. The van der Waals surface area contributed by atoms with E-state index in [9.17, 15) is 9.59 Å². The first-order chi connectivity index (χ1) is 8.77. The van der Waals surface area contributed by atoms with E-state index in [2.05, 4.69) is 13.8 Å². The molecular formula is C16H22O3. The van der Waals surface area contributed by atoms with E-state index in [1.165, 1.54) is 5.56 Å². The minimum absolute atomic E-state index is 0.0189. The number of hydrogen-bond donors (Lipinski definition) is 1. The van der Waals surface area contributed by atoms with Crippen molar-refractivity contribution in [2.24, 2.45) is 5.41 Å². The van der Waals surface area contributed by atoms with E-state index in [4.69, 9.17) is 5.11 Å². The van der Waals surface area contributed by atoms with Crippen LogP contribution >= 0.6 is 0 Å². The second kappa shape index (κ2) is 6.00. The second-order valence-electron chi connectivity index (χ2n) is 5.72. The number of carbonyl (C=O) groups excluding carboxylic acids is 1. The first-order valence-corrected chi connectivity index (χ1v) is 6.64. The van der Waals surface area contributed by atoms with Crippen molar-refractivity contribution in [1.29, 1.82) is 0 Å². The zero-order valence-corrected chi connectivity index (χ0v) is 12.1. The third-order valence-electron chi connectivity index (χ3n) is 3.60. The Morgan fingerprint density at radius 2 is 1.74 bits per heavy atom. The molecule has 0 aliphatic heterocycles. The van der Waals surface area contributed by atoms with Crippen LogP contribution < -0.4 is 0 Å². The molecule has 0 spiro atoms. The van der Waals surface area contributed by atoms with E-state index in [0.717, 1.165) is 6.42 Å². The Morgan fingerprint density at radius 1 is 1.21 bits per heavy atom. The summed E-state index contributed by atoms with van der Waals surface area (Å²) in [5, 5.41) is 9.03. The lowest BCUT2D eigenvalue weighted by molar-refractivity contribution is -0.146. The number of hydrogen-bond acceptors (Lipinski definition) is 2. The molecule has 0 amide bonds. The number of carboxylic acid groups (broad SMARTS) is 1. The zero-order chi connectivity index (χ0) is 14.6. The lowest BCUT2D eigenvalue weighted by atomic mass is 9.85. The predicted molar refractivity (Wildman–Crippen MR) is 75.5 cm³/mol. The lowest BCUT2D eigenvalue weighted by Gasteiger charge is -2.18. The molecule has 1 rings (SSSR count). The number of rotatable bonds is 6. The van der Waals surface area contributed by atoms with Crippen molar-refractivity contribution in [3.05, 3.63) is 35.4 Å². The molecule has 3 nitrogen and oxygen atoms in total. The first-order valence-electron chi connectivity index (χ1n) is 6.64. The van der Waals surface area contributed by atoms with Crippen molar-refractivity contribution in [2.45, 2.75) is 46.5 Å². The Kier molecular flexibility index (Phi) is 4.87. The van der Waals surface area contributed by atoms with Crippen LogP contribution in [0.2, 0.25) is 0 Å². The fourth-order valence-electron chi connectivity index (χ4n) is 1.81. The Bertz CT molecular complexity index is 457. The van der Waals surface area contributed by atoms with Gasteiger partial charge in [0.1, 0.15) is 0 Å². The molecule has 1 N–H and O–H groups in total. The summed E-state index contributed by atoms with van der Waals surface area (Å²) in [7, 11) is 0. The summed E-state index contributed by atoms with van der Waals surface area (Å²) >= 11 is 0. The van der Waals surface area contributed by atoms with Gasteiger partial charge in [-0.05, 0) is 31.7 Å². The highest BCUT2D eigenvalue weighted by Gasteiger charge is 2.30. The highest BCUT2D eigenvalue weighted by atomic mass is 16.4. The van der Waals surface area contributed by atoms with Gasteiger partial charge in [-0.3, -0.25) is 9.59 Å². The van der Waals surface area contributed by atoms with Crippen molar-refractivity contribution in [3.63, 3.8) is 0 Å². The molecule has 1 aromatic rings. The number of Topliss-reactive ketones (excluding diaryl/α,β-unsaturated/α-hetero) is 1. The average Bonchev–Trinajstić information content (AvgIpc) is 2.37. The molecule has 0 saturated heterocycles. The Balaban J connectivity index is 2.82. The van der Waals surface area contributed by atoms with Crippen LogP contribution in [0.15, 0.2) is 24.3 Å². The zero-order valence-electron chi connectivity index (χ0n) is 12.1. The van der Waals surface area contributed by atoms with Gasteiger partial charge in [0.05, 0.1) is 5.41 Å². The second-order valence-corrected chi connectivity index (χ2v) is 5.72. The molecule has 0 radical (unpaired) electrons. The van der Waals surface area contributed by atoms with Crippen LogP contribution in [0.3, 0.4) is 0 Å². The minimum Gasteiger partial charge on any atom is -0.481 e. The molecule has 104 valence electrons. The van der Waals surface area contributed by atoms with Crippen LogP contribution in [0.25, 0.3) is 0 Å². The standard InChI is InChI=1S/C16H22O3/c1-5-11(2)12-6-8-13(9-7-12)14(17)10-16(3,4)15(18)19/h6-9,11H,5,10H2,1-4H3,(H,18,19). The third kappa shape index (κ3) is 3.91. The van der Waals surface area contributed by atoms with Crippen LogP contribution in [0.4, 0.5) is 0 Å². The van der Waals surface area contributed by atoms with Crippen LogP contribution in [-0.4, -0.2) is 16.9 Å². The molecule has 0 fully saturated rings. The summed E-state index contributed by atoms with van der Waals surface area (Å²) in [4.78, 5) is 23.1. The summed E-state index contributed by atoms with van der Waals surface area (Å²) in [6.45, 7) is 7.41. The van der Waals surface area contributed by atoms with Gasteiger partial charge >= 0.3 is 5.97 Å². The van der Waals surface area contributed by atoms with Gasteiger partial charge in [0, 0.05) is 12.0 Å². The number of benzene rings is 1. The van der Waals surface area contributed by atoms with E-state index >= 15 is 0 Å². The highest BCUT2D eigenvalue weighted by molar-refractivity contribution is 5.98. The fourth-order valence-corrected chi connectivity index (χ4v) is 1.81. The van der Waals surface area contributed by atoms with Gasteiger partial charge in [0.2, 0.25) is 0 Å². The van der Waals surface area contributed by atoms with Crippen molar-refractivity contribution in [3.8, 4) is 0 Å². The summed E-state index contributed by atoms with van der Waals surface area (Å²) in [6, 6.07) is 7.49. The van der Waals surface area contributed by atoms with Crippen molar-refractivity contribution >= 4 is 11.8 Å².